The molecule has 1 heterocycles. The maximum atomic E-state index is 11.1. The van der Waals surface area contributed by atoms with E-state index in [9.17, 15) is 10.1 Å². The van der Waals surface area contributed by atoms with Crippen molar-refractivity contribution in [2.45, 2.75) is 39.7 Å². The summed E-state index contributed by atoms with van der Waals surface area (Å²) in [4.78, 5) is 13.3. The first kappa shape index (κ1) is 15.8. The van der Waals surface area contributed by atoms with Gasteiger partial charge in [0.25, 0.3) is 5.69 Å². The quantitative estimate of drug-likeness (QED) is 0.667. The van der Waals surface area contributed by atoms with Gasteiger partial charge in [-0.15, -0.1) is 0 Å². The van der Waals surface area contributed by atoms with E-state index in [0.29, 0.717) is 17.6 Å². The van der Waals surface area contributed by atoms with Gasteiger partial charge in [-0.25, -0.2) is 0 Å². The molecule has 0 spiro atoms. The molecule has 0 aromatic heterocycles. The molecule has 2 rings (SSSR count). The van der Waals surface area contributed by atoms with Gasteiger partial charge in [0, 0.05) is 31.7 Å². The van der Waals surface area contributed by atoms with Crippen LogP contribution in [0, 0.1) is 23.0 Å². The Morgan fingerprint density at radius 2 is 2.05 bits per heavy atom. The molecular weight excluding hydrogens is 266 g/mol. The topological polar surface area (TPSA) is 58.4 Å². The number of rotatable bonds is 5. The fraction of sp³-hybridized carbons (Fsp3) is 0.625. The second-order valence-electron chi connectivity index (χ2n) is 6.39. The van der Waals surface area contributed by atoms with Gasteiger partial charge in [0.15, 0.2) is 0 Å². The van der Waals surface area contributed by atoms with Gasteiger partial charge < -0.3 is 10.2 Å². The monoisotopic (exact) mass is 291 g/mol. The Morgan fingerprint density at radius 1 is 1.38 bits per heavy atom. The standard InChI is InChI=1S/C16H25N3O2/c1-12(2)11-18-8-6-14(7-9-18)17-15-10-13(3)4-5-16(15)19(20)21/h4-5,10,12,14,17H,6-9,11H2,1-3H3. The van der Waals surface area contributed by atoms with Crippen LogP contribution in [0.3, 0.4) is 0 Å². The molecule has 0 aliphatic carbocycles. The number of anilines is 1. The number of nitrogens with one attached hydrogen (secondary N) is 1. The van der Waals surface area contributed by atoms with E-state index < -0.39 is 0 Å². The molecule has 1 aliphatic heterocycles. The normalized spacial score (nSPS) is 17.1. The van der Waals surface area contributed by atoms with E-state index in [0.717, 1.165) is 38.0 Å². The fourth-order valence-corrected chi connectivity index (χ4v) is 2.92. The molecule has 0 atom stereocenters. The van der Waals surface area contributed by atoms with Gasteiger partial charge in [0.1, 0.15) is 5.69 Å². The highest BCUT2D eigenvalue weighted by Gasteiger charge is 2.22. The number of aryl methyl sites for hydroxylation is 1. The van der Waals surface area contributed by atoms with Crippen LogP contribution in [0.2, 0.25) is 0 Å². The lowest BCUT2D eigenvalue weighted by Gasteiger charge is -2.33. The molecule has 1 aromatic rings. The Morgan fingerprint density at radius 3 is 2.62 bits per heavy atom. The first-order chi connectivity index (χ1) is 9.95. The van der Waals surface area contributed by atoms with Crippen molar-refractivity contribution in [3.05, 3.63) is 33.9 Å². The minimum Gasteiger partial charge on any atom is -0.377 e. The third-order valence-electron chi connectivity index (χ3n) is 3.92. The Bertz CT molecular complexity index is 494. The number of likely N-dealkylation sites (tertiary alicyclic amines) is 1. The van der Waals surface area contributed by atoms with Crippen LogP contribution >= 0.6 is 0 Å². The van der Waals surface area contributed by atoms with Crippen molar-refractivity contribution in [1.82, 2.24) is 4.90 Å². The number of hydrogen-bond acceptors (Lipinski definition) is 4. The van der Waals surface area contributed by atoms with E-state index >= 15 is 0 Å². The van der Waals surface area contributed by atoms with Crippen LogP contribution in [0.15, 0.2) is 18.2 Å². The van der Waals surface area contributed by atoms with Crippen LogP contribution in [0.5, 0.6) is 0 Å². The highest BCUT2D eigenvalue weighted by molar-refractivity contribution is 5.63. The van der Waals surface area contributed by atoms with Gasteiger partial charge in [-0.1, -0.05) is 19.9 Å². The third-order valence-corrected chi connectivity index (χ3v) is 3.92. The van der Waals surface area contributed by atoms with E-state index in [-0.39, 0.29) is 10.6 Å². The third kappa shape index (κ3) is 4.43. The minimum atomic E-state index is -0.310. The molecule has 0 unspecified atom stereocenters. The van der Waals surface area contributed by atoms with Crippen molar-refractivity contribution in [3.8, 4) is 0 Å². The average Bonchev–Trinajstić information content (AvgIpc) is 2.40. The van der Waals surface area contributed by atoms with Crippen molar-refractivity contribution in [3.63, 3.8) is 0 Å². The molecule has 0 bridgehead atoms. The summed E-state index contributed by atoms with van der Waals surface area (Å²) < 4.78 is 0. The molecule has 1 aromatic carbocycles. The Kier molecular flexibility index (Phi) is 5.17. The number of nitro groups is 1. The fourth-order valence-electron chi connectivity index (χ4n) is 2.92. The van der Waals surface area contributed by atoms with E-state index in [2.05, 4.69) is 24.1 Å². The summed E-state index contributed by atoms with van der Waals surface area (Å²) in [7, 11) is 0. The van der Waals surface area contributed by atoms with Crippen molar-refractivity contribution in [2.75, 3.05) is 25.0 Å². The predicted molar refractivity (Wildman–Crippen MR) is 85.8 cm³/mol. The van der Waals surface area contributed by atoms with Gasteiger partial charge >= 0.3 is 0 Å². The number of hydrogen-bond donors (Lipinski definition) is 1. The maximum Gasteiger partial charge on any atom is 0.292 e. The van der Waals surface area contributed by atoms with Crippen molar-refractivity contribution < 1.29 is 4.92 Å². The summed E-state index contributed by atoms with van der Waals surface area (Å²) in [6, 6.07) is 5.58. The average molecular weight is 291 g/mol. The zero-order valence-electron chi connectivity index (χ0n) is 13.1. The number of nitro benzene ring substituents is 1. The minimum absolute atomic E-state index is 0.171. The largest absolute Gasteiger partial charge is 0.377 e. The van der Waals surface area contributed by atoms with Crippen molar-refractivity contribution in [2.24, 2.45) is 5.92 Å². The summed E-state index contributed by atoms with van der Waals surface area (Å²) >= 11 is 0. The number of piperidine rings is 1. The van der Waals surface area contributed by atoms with Crippen LogP contribution in [0.25, 0.3) is 0 Å². The summed E-state index contributed by atoms with van der Waals surface area (Å²) in [5.74, 6) is 0.687. The molecule has 1 saturated heterocycles. The first-order valence-electron chi connectivity index (χ1n) is 7.69. The van der Waals surface area contributed by atoms with Crippen LogP contribution in [-0.4, -0.2) is 35.5 Å². The highest BCUT2D eigenvalue weighted by Crippen LogP contribution is 2.27. The van der Waals surface area contributed by atoms with Gasteiger partial charge in [-0.2, -0.15) is 0 Å². The second kappa shape index (κ2) is 6.89. The molecule has 21 heavy (non-hydrogen) atoms. The summed E-state index contributed by atoms with van der Waals surface area (Å²) in [5.41, 5.74) is 1.87. The molecule has 0 saturated carbocycles. The molecule has 1 fully saturated rings. The van der Waals surface area contributed by atoms with Crippen LogP contribution in [-0.2, 0) is 0 Å². The Labute approximate surface area is 126 Å². The van der Waals surface area contributed by atoms with Gasteiger partial charge in [0.2, 0.25) is 0 Å². The van der Waals surface area contributed by atoms with Crippen LogP contribution in [0.1, 0.15) is 32.3 Å². The van der Waals surface area contributed by atoms with E-state index in [1.807, 2.05) is 13.0 Å². The SMILES string of the molecule is Cc1ccc([N+](=O)[O-])c(NC2CCN(CC(C)C)CC2)c1. The summed E-state index contributed by atoms with van der Waals surface area (Å²) in [6.07, 6.45) is 2.08. The lowest BCUT2D eigenvalue weighted by atomic mass is 10.0. The lowest BCUT2D eigenvalue weighted by Crippen LogP contribution is -2.40. The van der Waals surface area contributed by atoms with Crippen LogP contribution in [0.4, 0.5) is 11.4 Å². The van der Waals surface area contributed by atoms with Crippen LogP contribution < -0.4 is 5.32 Å². The van der Waals surface area contributed by atoms with E-state index in [4.69, 9.17) is 0 Å². The molecule has 0 amide bonds. The van der Waals surface area contributed by atoms with Gasteiger partial charge in [0.05, 0.1) is 4.92 Å². The summed E-state index contributed by atoms with van der Waals surface area (Å²) in [6.45, 7) is 9.70. The number of nitrogens with zero attached hydrogens (tertiary/aromatic N) is 2. The molecule has 5 nitrogen and oxygen atoms in total. The smallest absolute Gasteiger partial charge is 0.292 e. The van der Waals surface area contributed by atoms with E-state index in [1.165, 1.54) is 0 Å². The highest BCUT2D eigenvalue weighted by atomic mass is 16.6. The Balaban J connectivity index is 1.97. The van der Waals surface area contributed by atoms with Gasteiger partial charge in [-0.05, 0) is 37.3 Å². The zero-order chi connectivity index (χ0) is 15.4. The Hall–Kier alpha value is -1.62. The first-order valence-corrected chi connectivity index (χ1v) is 7.69. The molecule has 5 heteroatoms. The van der Waals surface area contributed by atoms with Crippen molar-refractivity contribution in [1.29, 1.82) is 0 Å². The molecule has 0 radical (unpaired) electrons. The maximum absolute atomic E-state index is 11.1. The molecule has 116 valence electrons. The van der Waals surface area contributed by atoms with Crippen molar-refractivity contribution >= 4 is 11.4 Å². The second-order valence-corrected chi connectivity index (χ2v) is 6.39. The predicted octanol–water partition coefficient (Wildman–Crippen LogP) is 3.44. The lowest BCUT2D eigenvalue weighted by molar-refractivity contribution is -0.384. The summed E-state index contributed by atoms with van der Waals surface area (Å²) in [5, 5.41) is 14.5. The molecule has 1 N–H and O–H groups in total. The number of benzene rings is 1. The zero-order valence-corrected chi connectivity index (χ0v) is 13.1. The van der Waals surface area contributed by atoms with Gasteiger partial charge in [-0.3, -0.25) is 10.1 Å². The molecular formula is C16H25N3O2. The van der Waals surface area contributed by atoms with E-state index in [1.54, 1.807) is 12.1 Å². The molecule has 1 aliphatic rings.